The quantitative estimate of drug-likeness (QED) is 0.690. The van der Waals surface area contributed by atoms with Crippen LogP contribution in [-0.4, -0.2) is 24.9 Å². The van der Waals surface area contributed by atoms with Gasteiger partial charge in [0.05, 0.1) is 16.5 Å². The average molecular weight is 374 g/mol. The van der Waals surface area contributed by atoms with E-state index in [0.29, 0.717) is 13.0 Å². The lowest BCUT2D eigenvalue weighted by atomic mass is 10.2. The van der Waals surface area contributed by atoms with Crippen LogP contribution >= 0.6 is 11.3 Å². The first kappa shape index (κ1) is 17.7. The topological polar surface area (TPSA) is 72.0 Å². The summed E-state index contributed by atoms with van der Waals surface area (Å²) < 4.78 is 27.0. The molecule has 0 radical (unpaired) electrons. The Bertz CT molecular complexity index is 938. The molecule has 130 valence electrons. The highest BCUT2D eigenvalue weighted by atomic mass is 32.2. The number of pyridine rings is 1. The average Bonchev–Trinajstić information content (AvgIpc) is 3.04. The van der Waals surface area contributed by atoms with Crippen molar-refractivity contribution >= 4 is 21.4 Å². The van der Waals surface area contributed by atoms with Crippen molar-refractivity contribution in [2.45, 2.75) is 19.1 Å². The summed E-state index contributed by atoms with van der Waals surface area (Å²) in [5.41, 5.74) is 3.75. The molecule has 0 saturated carbocycles. The molecule has 2 aromatic heterocycles. The summed E-state index contributed by atoms with van der Waals surface area (Å²) in [6.45, 7) is 2.30. The minimum absolute atomic E-state index is 0.00514. The molecule has 0 amide bonds. The zero-order valence-corrected chi connectivity index (χ0v) is 15.5. The van der Waals surface area contributed by atoms with E-state index in [1.165, 1.54) is 11.3 Å². The number of nitrogens with one attached hydrogen (secondary N) is 1. The Hall–Kier alpha value is -2.09. The van der Waals surface area contributed by atoms with Crippen molar-refractivity contribution in [2.24, 2.45) is 0 Å². The maximum Gasteiger partial charge on any atom is 0.215 e. The summed E-state index contributed by atoms with van der Waals surface area (Å²) in [6.07, 6.45) is 4.03. The third kappa shape index (κ3) is 5.19. The zero-order chi connectivity index (χ0) is 17.7. The minimum Gasteiger partial charge on any atom is -0.265 e. The molecular formula is C18H19N3O2S2. The number of aryl methyl sites for hydroxylation is 1. The van der Waals surface area contributed by atoms with Gasteiger partial charge in [0.15, 0.2) is 0 Å². The number of rotatable bonds is 7. The molecule has 0 unspecified atom stereocenters. The standard InChI is InChI=1S/C18H19N3O2S2/c1-14-3-2-4-15(11-14)13-25(22,23)20-10-7-18-21-17(12-24-18)16-5-8-19-9-6-16/h2-6,8-9,11-12,20H,7,10,13H2,1H3. The normalized spacial score (nSPS) is 11.6. The summed E-state index contributed by atoms with van der Waals surface area (Å²) in [7, 11) is -3.35. The summed E-state index contributed by atoms with van der Waals surface area (Å²) >= 11 is 1.53. The molecular weight excluding hydrogens is 354 g/mol. The highest BCUT2D eigenvalue weighted by Crippen LogP contribution is 2.21. The fourth-order valence-electron chi connectivity index (χ4n) is 2.47. The van der Waals surface area contributed by atoms with E-state index < -0.39 is 10.0 Å². The third-order valence-corrected chi connectivity index (χ3v) is 5.89. The number of thiazole rings is 1. The third-order valence-electron chi connectivity index (χ3n) is 3.63. The number of hydrogen-bond donors (Lipinski definition) is 1. The monoisotopic (exact) mass is 373 g/mol. The van der Waals surface area contributed by atoms with Crippen LogP contribution in [0.25, 0.3) is 11.3 Å². The SMILES string of the molecule is Cc1cccc(CS(=O)(=O)NCCc2nc(-c3ccncc3)cs2)c1. The van der Waals surface area contributed by atoms with Gasteiger partial charge in [-0.3, -0.25) is 4.98 Å². The molecule has 25 heavy (non-hydrogen) atoms. The maximum atomic E-state index is 12.2. The molecule has 1 N–H and O–H groups in total. The molecule has 0 aliphatic carbocycles. The fourth-order valence-corrected chi connectivity index (χ4v) is 4.41. The lowest BCUT2D eigenvalue weighted by Gasteiger charge is -2.06. The van der Waals surface area contributed by atoms with Gasteiger partial charge in [-0.15, -0.1) is 11.3 Å². The molecule has 7 heteroatoms. The van der Waals surface area contributed by atoms with Gasteiger partial charge >= 0.3 is 0 Å². The van der Waals surface area contributed by atoms with Crippen LogP contribution < -0.4 is 4.72 Å². The highest BCUT2D eigenvalue weighted by molar-refractivity contribution is 7.88. The zero-order valence-electron chi connectivity index (χ0n) is 13.8. The van der Waals surface area contributed by atoms with Gasteiger partial charge in [0.25, 0.3) is 0 Å². The molecule has 0 aliphatic rings. The molecule has 0 aliphatic heterocycles. The first-order valence-corrected chi connectivity index (χ1v) is 10.4. The summed E-state index contributed by atoms with van der Waals surface area (Å²) in [5, 5.41) is 2.89. The summed E-state index contributed by atoms with van der Waals surface area (Å²) in [6, 6.07) is 11.4. The van der Waals surface area contributed by atoms with E-state index in [1.54, 1.807) is 12.4 Å². The van der Waals surface area contributed by atoms with E-state index in [9.17, 15) is 8.42 Å². The first-order chi connectivity index (χ1) is 12.0. The molecule has 1 aromatic carbocycles. The van der Waals surface area contributed by atoms with E-state index in [2.05, 4.69) is 14.7 Å². The van der Waals surface area contributed by atoms with Gasteiger partial charge in [0.2, 0.25) is 10.0 Å². The van der Waals surface area contributed by atoms with Crippen LogP contribution in [0.5, 0.6) is 0 Å². The molecule has 0 bridgehead atoms. The van der Waals surface area contributed by atoms with Gasteiger partial charge in [-0.25, -0.2) is 18.1 Å². The second kappa shape index (κ2) is 7.86. The number of hydrogen-bond acceptors (Lipinski definition) is 5. The first-order valence-electron chi connectivity index (χ1n) is 7.89. The van der Waals surface area contributed by atoms with Crippen LogP contribution in [0.4, 0.5) is 0 Å². The molecule has 0 fully saturated rings. The number of sulfonamides is 1. The Morgan fingerprint density at radius 3 is 2.72 bits per heavy atom. The van der Waals surface area contributed by atoms with Gasteiger partial charge in [0.1, 0.15) is 0 Å². The summed E-state index contributed by atoms with van der Waals surface area (Å²) in [4.78, 5) is 8.54. The Morgan fingerprint density at radius 2 is 1.96 bits per heavy atom. The Labute approximate surface area is 151 Å². The second-order valence-corrected chi connectivity index (χ2v) is 8.50. The van der Waals surface area contributed by atoms with Gasteiger partial charge in [-0.2, -0.15) is 0 Å². The lowest BCUT2D eigenvalue weighted by Crippen LogP contribution is -2.27. The van der Waals surface area contributed by atoms with Crippen LogP contribution in [0.1, 0.15) is 16.1 Å². The van der Waals surface area contributed by atoms with Crippen molar-refractivity contribution in [3.05, 3.63) is 70.3 Å². The van der Waals surface area contributed by atoms with Crippen LogP contribution in [0.2, 0.25) is 0 Å². The largest absolute Gasteiger partial charge is 0.265 e. The van der Waals surface area contributed by atoms with Crippen molar-refractivity contribution in [3.8, 4) is 11.3 Å². The molecule has 2 heterocycles. The molecule has 5 nitrogen and oxygen atoms in total. The van der Waals surface area contributed by atoms with E-state index in [1.807, 2.05) is 48.7 Å². The minimum atomic E-state index is -3.35. The molecule has 3 aromatic rings. The van der Waals surface area contributed by atoms with Crippen LogP contribution in [0.15, 0.2) is 54.2 Å². The Balaban J connectivity index is 1.55. The Kier molecular flexibility index (Phi) is 5.57. The van der Waals surface area contributed by atoms with Gasteiger partial charge in [-0.05, 0) is 24.6 Å². The van der Waals surface area contributed by atoms with Crippen molar-refractivity contribution in [2.75, 3.05) is 6.54 Å². The van der Waals surface area contributed by atoms with E-state index >= 15 is 0 Å². The second-order valence-electron chi connectivity index (χ2n) is 5.75. The molecule has 0 atom stereocenters. The van der Waals surface area contributed by atoms with Gasteiger partial charge < -0.3 is 0 Å². The van der Waals surface area contributed by atoms with Gasteiger partial charge in [-0.1, -0.05) is 29.8 Å². The maximum absolute atomic E-state index is 12.2. The molecule has 0 saturated heterocycles. The number of aromatic nitrogens is 2. The van der Waals surface area contributed by atoms with Crippen LogP contribution in [0.3, 0.4) is 0 Å². The van der Waals surface area contributed by atoms with E-state index in [0.717, 1.165) is 27.4 Å². The number of nitrogens with zero attached hydrogens (tertiary/aromatic N) is 2. The fraction of sp³-hybridized carbons (Fsp3) is 0.222. The predicted molar refractivity (Wildman–Crippen MR) is 101 cm³/mol. The van der Waals surface area contributed by atoms with Crippen molar-refractivity contribution < 1.29 is 8.42 Å². The molecule has 0 spiro atoms. The highest BCUT2D eigenvalue weighted by Gasteiger charge is 2.12. The predicted octanol–water partition coefficient (Wildman–Crippen LogP) is 3.18. The Morgan fingerprint density at radius 1 is 1.16 bits per heavy atom. The summed E-state index contributed by atoms with van der Waals surface area (Å²) in [5.74, 6) is -0.00514. The van der Waals surface area contributed by atoms with E-state index in [-0.39, 0.29) is 5.75 Å². The number of benzene rings is 1. The van der Waals surface area contributed by atoms with Crippen LogP contribution in [0, 0.1) is 6.92 Å². The van der Waals surface area contributed by atoms with Crippen molar-refractivity contribution in [3.63, 3.8) is 0 Å². The smallest absolute Gasteiger partial charge is 0.215 e. The van der Waals surface area contributed by atoms with E-state index in [4.69, 9.17) is 0 Å². The lowest BCUT2D eigenvalue weighted by molar-refractivity contribution is 0.580. The van der Waals surface area contributed by atoms with Crippen molar-refractivity contribution in [1.29, 1.82) is 0 Å². The molecule has 3 rings (SSSR count). The van der Waals surface area contributed by atoms with Crippen molar-refractivity contribution in [1.82, 2.24) is 14.7 Å². The van der Waals surface area contributed by atoms with Gasteiger partial charge in [0, 0.05) is 36.3 Å². The van der Waals surface area contributed by atoms with Crippen LogP contribution in [-0.2, 0) is 22.2 Å².